The Kier molecular flexibility index (Phi) is 6.34. The molecule has 22 heavy (non-hydrogen) atoms. The van der Waals surface area contributed by atoms with Crippen molar-refractivity contribution in [3.8, 4) is 0 Å². The minimum atomic E-state index is -0.277. The molecule has 2 heterocycles. The number of carbonyl (C=O) groups is 1. The summed E-state index contributed by atoms with van der Waals surface area (Å²) in [5.41, 5.74) is 1.52. The molecular formula is C17H27N3O2. The number of hydrogen-bond donors (Lipinski definition) is 0. The highest BCUT2D eigenvalue weighted by Gasteiger charge is 2.13. The molecule has 0 saturated carbocycles. The van der Waals surface area contributed by atoms with Gasteiger partial charge in [-0.1, -0.05) is 13.8 Å². The highest BCUT2D eigenvalue weighted by Crippen LogP contribution is 2.12. The molecule has 5 nitrogen and oxygen atoms in total. The van der Waals surface area contributed by atoms with Crippen LogP contribution in [0.15, 0.2) is 18.3 Å². The summed E-state index contributed by atoms with van der Waals surface area (Å²) in [6.07, 6.45) is 2.49. The lowest BCUT2D eigenvalue weighted by Crippen LogP contribution is -2.44. The van der Waals surface area contributed by atoms with Crippen LogP contribution >= 0.6 is 0 Å². The molecule has 0 bridgehead atoms. The lowest BCUT2D eigenvalue weighted by atomic mass is 10.1. The van der Waals surface area contributed by atoms with E-state index in [0.717, 1.165) is 44.8 Å². The largest absolute Gasteiger partial charge is 0.462 e. The number of ether oxygens (including phenoxy) is 1. The second kappa shape index (κ2) is 8.25. The second-order valence-electron chi connectivity index (χ2n) is 6.26. The quantitative estimate of drug-likeness (QED) is 0.594. The topological polar surface area (TPSA) is 45.7 Å². The van der Waals surface area contributed by atoms with Gasteiger partial charge in [0, 0.05) is 44.6 Å². The van der Waals surface area contributed by atoms with Crippen LogP contribution in [0.1, 0.15) is 42.2 Å². The van der Waals surface area contributed by atoms with Crippen molar-refractivity contribution in [2.75, 3.05) is 46.4 Å². The van der Waals surface area contributed by atoms with Crippen LogP contribution in [0.25, 0.3) is 0 Å². The number of piperazine rings is 1. The molecule has 0 atom stereocenters. The third-order valence-electron chi connectivity index (χ3n) is 4.06. The second-order valence-corrected chi connectivity index (χ2v) is 6.26. The van der Waals surface area contributed by atoms with Gasteiger partial charge in [-0.3, -0.25) is 4.98 Å². The fourth-order valence-corrected chi connectivity index (χ4v) is 2.48. The number of aromatic nitrogens is 1. The van der Waals surface area contributed by atoms with Gasteiger partial charge in [-0.25, -0.2) is 4.79 Å². The van der Waals surface area contributed by atoms with Gasteiger partial charge >= 0.3 is 5.97 Å². The van der Waals surface area contributed by atoms with Crippen molar-refractivity contribution in [1.29, 1.82) is 0 Å². The van der Waals surface area contributed by atoms with Crippen LogP contribution in [0.2, 0.25) is 0 Å². The van der Waals surface area contributed by atoms with Crippen molar-refractivity contribution in [3.63, 3.8) is 0 Å². The minimum Gasteiger partial charge on any atom is -0.462 e. The molecule has 0 spiro atoms. The molecule has 1 aliphatic heterocycles. The first kappa shape index (κ1) is 16.9. The predicted octanol–water partition coefficient (Wildman–Crippen LogP) is 2.00. The van der Waals surface area contributed by atoms with Crippen molar-refractivity contribution in [3.05, 3.63) is 29.6 Å². The minimum absolute atomic E-state index is 0.277. The van der Waals surface area contributed by atoms with Gasteiger partial charge in [-0.2, -0.15) is 0 Å². The van der Waals surface area contributed by atoms with Crippen LogP contribution < -0.4 is 0 Å². The molecule has 2 rings (SSSR count). The standard InChI is InChI=1S/C17H27N3O2/c1-14(2)16-6-5-15(13-18-16)17(21)22-12-4-7-20-10-8-19(3)9-11-20/h5-6,13-14H,4,7-12H2,1-3H3. The van der Waals surface area contributed by atoms with Crippen molar-refractivity contribution in [2.24, 2.45) is 0 Å². The Morgan fingerprint density at radius 3 is 2.59 bits per heavy atom. The van der Waals surface area contributed by atoms with E-state index in [1.165, 1.54) is 0 Å². The van der Waals surface area contributed by atoms with Crippen LogP contribution in [0.5, 0.6) is 0 Å². The molecule has 0 unspecified atom stereocenters. The first-order chi connectivity index (χ1) is 10.6. The Morgan fingerprint density at radius 2 is 2.00 bits per heavy atom. The number of carbonyl (C=O) groups excluding carboxylic acids is 1. The zero-order chi connectivity index (χ0) is 15.9. The van der Waals surface area contributed by atoms with Crippen LogP contribution in [0, 0.1) is 0 Å². The van der Waals surface area contributed by atoms with Gasteiger partial charge in [0.05, 0.1) is 12.2 Å². The molecule has 0 N–H and O–H groups in total. The Hall–Kier alpha value is -1.46. The van der Waals surface area contributed by atoms with E-state index in [-0.39, 0.29) is 5.97 Å². The summed E-state index contributed by atoms with van der Waals surface area (Å²) in [5, 5.41) is 0. The summed E-state index contributed by atoms with van der Waals surface area (Å²) in [6.45, 7) is 10.1. The van der Waals surface area contributed by atoms with Gasteiger partial charge in [0.25, 0.3) is 0 Å². The molecule has 1 aromatic heterocycles. The summed E-state index contributed by atoms with van der Waals surface area (Å²) in [7, 11) is 2.15. The maximum Gasteiger partial charge on any atom is 0.339 e. The van der Waals surface area contributed by atoms with Crippen molar-refractivity contribution in [2.45, 2.75) is 26.2 Å². The Bertz CT molecular complexity index is 465. The number of hydrogen-bond acceptors (Lipinski definition) is 5. The molecule has 5 heteroatoms. The first-order valence-corrected chi connectivity index (χ1v) is 8.10. The van der Waals surface area contributed by atoms with Crippen LogP contribution in [0.4, 0.5) is 0 Å². The zero-order valence-corrected chi connectivity index (χ0v) is 13.9. The van der Waals surface area contributed by atoms with Gasteiger partial charge in [0.1, 0.15) is 0 Å². The average Bonchev–Trinajstić information content (AvgIpc) is 2.53. The maximum absolute atomic E-state index is 11.9. The third kappa shape index (κ3) is 5.07. The maximum atomic E-state index is 11.9. The zero-order valence-electron chi connectivity index (χ0n) is 13.9. The van der Waals surface area contributed by atoms with E-state index in [0.29, 0.717) is 18.1 Å². The highest BCUT2D eigenvalue weighted by molar-refractivity contribution is 5.88. The number of esters is 1. The van der Waals surface area contributed by atoms with E-state index in [1.807, 2.05) is 6.07 Å². The lowest BCUT2D eigenvalue weighted by Gasteiger charge is -2.32. The molecule has 0 radical (unpaired) electrons. The predicted molar refractivity (Wildman–Crippen MR) is 87.2 cm³/mol. The third-order valence-corrected chi connectivity index (χ3v) is 4.06. The van der Waals surface area contributed by atoms with Crippen LogP contribution in [-0.4, -0.2) is 67.1 Å². The van der Waals surface area contributed by atoms with Gasteiger partial charge in [-0.15, -0.1) is 0 Å². The highest BCUT2D eigenvalue weighted by atomic mass is 16.5. The summed E-state index contributed by atoms with van der Waals surface area (Å²) in [4.78, 5) is 21.0. The van der Waals surface area contributed by atoms with Crippen LogP contribution in [0.3, 0.4) is 0 Å². The number of pyridine rings is 1. The molecule has 1 fully saturated rings. The fourth-order valence-electron chi connectivity index (χ4n) is 2.48. The summed E-state index contributed by atoms with van der Waals surface area (Å²) >= 11 is 0. The summed E-state index contributed by atoms with van der Waals surface area (Å²) in [6, 6.07) is 3.69. The molecule has 0 amide bonds. The summed E-state index contributed by atoms with van der Waals surface area (Å²) in [5.74, 6) is 0.0924. The Labute approximate surface area is 133 Å². The molecule has 1 aliphatic rings. The monoisotopic (exact) mass is 305 g/mol. The van der Waals surface area contributed by atoms with Gasteiger partial charge < -0.3 is 14.5 Å². The van der Waals surface area contributed by atoms with E-state index in [9.17, 15) is 4.79 Å². The van der Waals surface area contributed by atoms with Gasteiger partial charge in [-0.05, 0) is 31.5 Å². The Morgan fingerprint density at radius 1 is 1.27 bits per heavy atom. The van der Waals surface area contributed by atoms with E-state index < -0.39 is 0 Å². The van der Waals surface area contributed by atoms with Gasteiger partial charge in [0.2, 0.25) is 0 Å². The smallest absolute Gasteiger partial charge is 0.339 e. The van der Waals surface area contributed by atoms with E-state index >= 15 is 0 Å². The molecule has 1 saturated heterocycles. The van der Waals surface area contributed by atoms with E-state index in [4.69, 9.17) is 4.74 Å². The molecule has 1 aromatic rings. The summed E-state index contributed by atoms with van der Waals surface area (Å²) < 4.78 is 5.32. The number of rotatable bonds is 6. The molecule has 122 valence electrons. The number of likely N-dealkylation sites (N-methyl/N-ethyl adjacent to an activating group) is 1. The van der Waals surface area contributed by atoms with Gasteiger partial charge in [0.15, 0.2) is 0 Å². The SMILES string of the molecule is CC(C)c1ccc(C(=O)OCCCN2CCN(C)CC2)cn1. The van der Waals surface area contributed by atoms with Crippen molar-refractivity contribution < 1.29 is 9.53 Å². The van der Waals surface area contributed by atoms with Crippen molar-refractivity contribution in [1.82, 2.24) is 14.8 Å². The Balaban J connectivity index is 1.67. The lowest BCUT2D eigenvalue weighted by molar-refractivity contribution is 0.0479. The van der Waals surface area contributed by atoms with Crippen LogP contribution in [-0.2, 0) is 4.74 Å². The van der Waals surface area contributed by atoms with E-state index in [2.05, 4.69) is 35.7 Å². The average molecular weight is 305 g/mol. The van der Waals surface area contributed by atoms with E-state index in [1.54, 1.807) is 12.3 Å². The molecule has 0 aliphatic carbocycles. The molecule has 0 aromatic carbocycles. The molecular weight excluding hydrogens is 278 g/mol. The normalized spacial score (nSPS) is 16.9. The number of nitrogens with zero attached hydrogens (tertiary/aromatic N) is 3. The first-order valence-electron chi connectivity index (χ1n) is 8.10. The fraction of sp³-hybridized carbons (Fsp3) is 0.647. The van der Waals surface area contributed by atoms with Crippen molar-refractivity contribution >= 4 is 5.97 Å².